The van der Waals surface area contributed by atoms with E-state index in [-0.39, 0.29) is 18.0 Å². The Kier molecular flexibility index (Phi) is 5.45. The van der Waals surface area contributed by atoms with Gasteiger partial charge in [-0.3, -0.25) is 9.79 Å². The monoisotopic (exact) mass is 239 g/mol. The first-order chi connectivity index (χ1) is 8.04. The minimum atomic E-state index is -0.280. The fourth-order valence-corrected chi connectivity index (χ4v) is 2.10. The Morgan fingerprint density at radius 2 is 2.12 bits per heavy atom. The number of nitrogens with one attached hydrogen (secondary N) is 1. The summed E-state index contributed by atoms with van der Waals surface area (Å²) in [7, 11) is 0. The summed E-state index contributed by atoms with van der Waals surface area (Å²) in [4.78, 5) is 16.2. The van der Waals surface area contributed by atoms with Crippen LogP contribution in [0.5, 0.6) is 0 Å². The summed E-state index contributed by atoms with van der Waals surface area (Å²) < 4.78 is 0. The molecule has 1 heterocycles. The first kappa shape index (κ1) is 14.0. The molecule has 1 rings (SSSR count). The summed E-state index contributed by atoms with van der Waals surface area (Å²) >= 11 is 0. The second kappa shape index (κ2) is 6.62. The Labute approximate surface area is 104 Å². The zero-order valence-electron chi connectivity index (χ0n) is 11.2. The molecule has 1 amide bonds. The lowest BCUT2D eigenvalue weighted by atomic mass is 9.99. The van der Waals surface area contributed by atoms with Gasteiger partial charge in [-0.2, -0.15) is 0 Å². The Morgan fingerprint density at radius 3 is 2.71 bits per heavy atom. The molecule has 1 aliphatic rings. The molecule has 0 saturated heterocycles. The molecular formula is C13H25N3O. The van der Waals surface area contributed by atoms with Crippen molar-refractivity contribution in [2.45, 2.75) is 65.0 Å². The molecule has 0 aromatic rings. The highest BCUT2D eigenvalue weighted by atomic mass is 16.2. The maximum atomic E-state index is 11.8. The first-order valence-electron chi connectivity index (χ1n) is 6.68. The third-order valence-electron chi connectivity index (χ3n) is 3.07. The molecule has 0 bridgehead atoms. The van der Waals surface area contributed by atoms with Gasteiger partial charge in [0.2, 0.25) is 5.91 Å². The number of hydrogen-bond donors (Lipinski definition) is 2. The number of hydrogen-bond acceptors (Lipinski definition) is 3. The van der Waals surface area contributed by atoms with Crippen LogP contribution >= 0.6 is 0 Å². The van der Waals surface area contributed by atoms with Gasteiger partial charge in [-0.05, 0) is 18.8 Å². The topological polar surface area (TPSA) is 67.5 Å². The van der Waals surface area contributed by atoms with Gasteiger partial charge in [0.15, 0.2) is 0 Å². The van der Waals surface area contributed by atoms with Crippen molar-refractivity contribution in [3.8, 4) is 0 Å². The Balaban J connectivity index is 2.54. The van der Waals surface area contributed by atoms with Crippen LogP contribution in [0, 0.1) is 5.92 Å². The Bertz CT molecular complexity index is 286. The van der Waals surface area contributed by atoms with E-state index in [0.717, 1.165) is 19.3 Å². The van der Waals surface area contributed by atoms with Crippen LogP contribution in [0.25, 0.3) is 0 Å². The highest BCUT2D eigenvalue weighted by Gasteiger charge is 2.28. The zero-order valence-corrected chi connectivity index (χ0v) is 11.2. The highest BCUT2D eigenvalue weighted by Crippen LogP contribution is 2.14. The quantitative estimate of drug-likeness (QED) is 0.694. The van der Waals surface area contributed by atoms with Gasteiger partial charge in [0, 0.05) is 0 Å². The van der Waals surface area contributed by atoms with Crippen molar-refractivity contribution in [1.82, 2.24) is 5.32 Å². The molecule has 0 aromatic heterocycles. The standard InChI is InChI=1S/C13H25N3O/c1-4-5-6-7-10-12(14)15-11(8-9(2)3)13(17)16-10/h9-11H,4-8H2,1-3H3,(H2,14,15)(H,16,17). The molecule has 17 heavy (non-hydrogen) atoms. The first-order valence-corrected chi connectivity index (χ1v) is 6.68. The van der Waals surface area contributed by atoms with Crippen LogP contribution < -0.4 is 11.1 Å². The SMILES string of the molecule is CCCCCC1NC(=O)C(CC(C)C)N=C1N. The molecule has 0 aromatic carbocycles. The van der Waals surface area contributed by atoms with Gasteiger partial charge in [-0.15, -0.1) is 0 Å². The van der Waals surface area contributed by atoms with Gasteiger partial charge >= 0.3 is 0 Å². The Hall–Kier alpha value is -1.06. The largest absolute Gasteiger partial charge is 0.386 e. The smallest absolute Gasteiger partial charge is 0.245 e. The minimum Gasteiger partial charge on any atom is -0.386 e. The molecule has 98 valence electrons. The van der Waals surface area contributed by atoms with Gasteiger partial charge in [0.1, 0.15) is 11.9 Å². The maximum absolute atomic E-state index is 11.8. The number of nitrogens with two attached hydrogens (primary N) is 1. The number of rotatable bonds is 6. The van der Waals surface area contributed by atoms with Crippen molar-refractivity contribution in [3.63, 3.8) is 0 Å². The number of amidine groups is 1. The summed E-state index contributed by atoms with van der Waals surface area (Å²) in [5.41, 5.74) is 5.92. The zero-order chi connectivity index (χ0) is 12.8. The fourth-order valence-electron chi connectivity index (χ4n) is 2.10. The summed E-state index contributed by atoms with van der Waals surface area (Å²) in [5.74, 6) is 1.10. The van der Waals surface area contributed by atoms with E-state index in [1.54, 1.807) is 0 Å². The highest BCUT2D eigenvalue weighted by molar-refractivity contribution is 5.97. The molecule has 3 N–H and O–H groups in total. The van der Waals surface area contributed by atoms with E-state index in [2.05, 4.69) is 31.1 Å². The van der Waals surface area contributed by atoms with E-state index in [1.165, 1.54) is 12.8 Å². The third kappa shape index (κ3) is 4.36. The summed E-state index contributed by atoms with van der Waals surface area (Å²) in [5, 5.41) is 2.99. The van der Waals surface area contributed by atoms with Crippen LogP contribution in [-0.4, -0.2) is 23.8 Å². The number of aliphatic imine (C=N–C) groups is 1. The summed E-state index contributed by atoms with van der Waals surface area (Å²) in [6.45, 7) is 6.34. The maximum Gasteiger partial charge on any atom is 0.245 e. The molecule has 0 spiro atoms. The minimum absolute atomic E-state index is 0.0365. The van der Waals surface area contributed by atoms with Gasteiger partial charge in [-0.1, -0.05) is 40.0 Å². The normalized spacial score (nSPS) is 24.7. The predicted molar refractivity (Wildman–Crippen MR) is 70.9 cm³/mol. The van der Waals surface area contributed by atoms with Crippen LogP contribution in [0.15, 0.2) is 4.99 Å². The van der Waals surface area contributed by atoms with E-state index in [0.29, 0.717) is 11.8 Å². The lowest BCUT2D eigenvalue weighted by molar-refractivity contribution is -0.123. The molecule has 4 nitrogen and oxygen atoms in total. The number of carbonyl (C=O) groups is 1. The molecule has 0 saturated carbocycles. The molecule has 1 aliphatic heterocycles. The van der Waals surface area contributed by atoms with Crippen LogP contribution in [-0.2, 0) is 4.79 Å². The Morgan fingerprint density at radius 1 is 1.41 bits per heavy atom. The van der Waals surface area contributed by atoms with Crippen LogP contribution in [0.3, 0.4) is 0 Å². The fraction of sp³-hybridized carbons (Fsp3) is 0.846. The average Bonchev–Trinajstić information content (AvgIpc) is 2.24. The number of carbonyl (C=O) groups excluding carboxylic acids is 1. The van der Waals surface area contributed by atoms with Crippen LogP contribution in [0.2, 0.25) is 0 Å². The van der Waals surface area contributed by atoms with Crippen molar-refractivity contribution >= 4 is 11.7 Å². The van der Waals surface area contributed by atoms with Gasteiger partial charge in [0.25, 0.3) is 0 Å². The van der Waals surface area contributed by atoms with Gasteiger partial charge in [0.05, 0.1) is 6.04 Å². The summed E-state index contributed by atoms with van der Waals surface area (Å²) in [6, 6.07) is -0.324. The number of nitrogens with zero attached hydrogens (tertiary/aromatic N) is 1. The summed E-state index contributed by atoms with van der Waals surface area (Å²) in [6.07, 6.45) is 5.12. The molecule has 2 unspecified atom stereocenters. The van der Waals surface area contributed by atoms with Crippen molar-refractivity contribution in [1.29, 1.82) is 0 Å². The molecular weight excluding hydrogens is 214 g/mol. The lowest BCUT2D eigenvalue weighted by Crippen LogP contribution is -2.53. The second-order valence-corrected chi connectivity index (χ2v) is 5.26. The third-order valence-corrected chi connectivity index (χ3v) is 3.07. The molecule has 0 fully saturated rings. The van der Waals surface area contributed by atoms with E-state index in [1.807, 2.05) is 0 Å². The molecule has 4 heteroatoms. The van der Waals surface area contributed by atoms with E-state index >= 15 is 0 Å². The van der Waals surface area contributed by atoms with E-state index in [9.17, 15) is 4.79 Å². The van der Waals surface area contributed by atoms with E-state index < -0.39 is 0 Å². The van der Waals surface area contributed by atoms with Crippen LogP contribution in [0.4, 0.5) is 0 Å². The van der Waals surface area contributed by atoms with Crippen molar-refractivity contribution < 1.29 is 4.79 Å². The van der Waals surface area contributed by atoms with E-state index in [4.69, 9.17) is 5.73 Å². The van der Waals surface area contributed by atoms with Crippen molar-refractivity contribution in [3.05, 3.63) is 0 Å². The average molecular weight is 239 g/mol. The van der Waals surface area contributed by atoms with Crippen molar-refractivity contribution in [2.75, 3.05) is 0 Å². The molecule has 2 atom stereocenters. The molecule has 0 radical (unpaired) electrons. The molecule has 0 aliphatic carbocycles. The van der Waals surface area contributed by atoms with Gasteiger partial charge < -0.3 is 11.1 Å². The predicted octanol–water partition coefficient (Wildman–Crippen LogP) is 1.84. The number of unbranched alkanes of at least 4 members (excludes halogenated alkanes) is 2. The lowest BCUT2D eigenvalue weighted by Gasteiger charge is -2.27. The second-order valence-electron chi connectivity index (χ2n) is 5.26. The van der Waals surface area contributed by atoms with Gasteiger partial charge in [-0.25, -0.2) is 0 Å². The number of amides is 1. The van der Waals surface area contributed by atoms with Crippen molar-refractivity contribution in [2.24, 2.45) is 16.6 Å². The van der Waals surface area contributed by atoms with Crippen LogP contribution in [0.1, 0.15) is 52.9 Å².